The molecule has 0 aromatic carbocycles. The second kappa shape index (κ2) is 7.98. The molecule has 1 unspecified atom stereocenters. The maximum absolute atomic E-state index is 12.4. The van der Waals surface area contributed by atoms with Crippen LogP contribution in [0.2, 0.25) is 0 Å². The van der Waals surface area contributed by atoms with Crippen molar-refractivity contribution in [3.8, 4) is 0 Å². The second-order valence-corrected chi connectivity index (χ2v) is 7.24. The van der Waals surface area contributed by atoms with Crippen LogP contribution in [0.3, 0.4) is 0 Å². The molecule has 3 rings (SSSR count). The summed E-state index contributed by atoms with van der Waals surface area (Å²) >= 11 is 3.22. The highest BCUT2D eigenvalue weighted by atomic mass is 127. The lowest BCUT2D eigenvalue weighted by Crippen LogP contribution is -2.12. The van der Waals surface area contributed by atoms with E-state index in [0.29, 0.717) is 13.2 Å². The zero-order valence-corrected chi connectivity index (χ0v) is 16.4. The Labute approximate surface area is 164 Å². The van der Waals surface area contributed by atoms with Crippen molar-refractivity contribution in [3.05, 3.63) is 30.9 Å². The van der Waals surface area contributed by atoms with Gasteiger partial charge in [0.2, 0.25) is 0 Å². The van der Waals surface area contributed by atoms with Crippen LogP contribution < -0.4 is 0 Å². The third-order valence-electron chi connectivity index (χ3n) is 3.11. The van der Waals surface area contributed by atoms with E-state index in [9.17, 15) is 26.3 Å². The first-order valence-corrected chi connectivity index (χ1v) is 8.81. The highest BCUT2D eigenvalue weighted by molar-refractivity contribution is 14.1. The van der Waals surface area contributed by atoms with Crippen LogP contribution in [-0.4, -0.2) is 33.2 Å². The van der Waals surface area contributed by atoms with Gasteiger partial charge in [0.1, 0.15) is 0 Å². The van der Waals surface area contributed by atoms with Crippen LogP contribution in [0, 0.1) is 7.14 Å². The summed E-state index contributed by atoms with van der Waals surface area (Å²) in [6.45, 7) is 1.03. The molecule has 0 radical (unpaired) electrons. The molecule has 1 aliphatic rings. The van der Waals surface area contributed by atoms with Crippen LogP contribution in [-0.2, 0) is 17.1 Å². The van der Waals surface area contributed by atoms with Gasteiger partial charge in [0, 0.05) is 12.8 Å². The van der Waals surface area contributed by atoms with Gasteiger partial charge in [-0.15, -0.1) is 0 Å². The number of nitrogens with one attached hydrogen (secondary N) is 1. The molecule has 0 amide bonds. The van der Waals surface area contributed by atoms with Crippen molar-refractivity contribution in [1.82, 2.24) is 20.0 Å². The molecule has 0 aliphatic carbocycles. The smallest absolute Gasteiger partial charge is 0.379 e. The maximum Gasteiger partial charge on any atom is 0.436 e. The lowest BCUT2D eigenvalue weighted by molar-refractivity contribution is -0.142. The summed E-state index contributed by atoms with van der Waals surface area (Å²) in [7, 11) is 0. The van der Waals surface area contributed by atoms with Gasteiger partial charge in [-0.05, 0) is 51.6 Å². The molecule has 0 saturated carbocycles. The third-order valence-corrected chi connectivity index (χ3v) is 4.72. The number of ether oxygens (including phenoxy) is 1. The summed E-state index contributed by atoms with van der Waals surface area (Å²) in [5, 5.41) is 8.67. The number of halogens is 8. The Morgan fingerprint density at radius 2 is 1.80 bits per heavy atom. The summed E-state index contributed by atoms with van der Waals surface area (Å²) in [6, 6.07) is -0.0605. The minimum Gasteiger partial charge on any atom is -0.379 e. The van der Waals surface area contributed by atoms with Crippen LogP contribution in [0.5, 0.6) is 0 Å². The minimum atomic E-state index is -4.37. The number of hydrogen-bond donors (Lipinski definition) is 1. The van der Waals surface area contributed by atoms with E-state index in [1.54, 1.807) is 45.2 Å². The van der Waals surface area contributed by atoms with E-state index in [2.05, 4.69) is 10.2 Å². The SMILES string of the molecule is FC(F)(F)c1[nH]ncc1I.FC(F)(F)c1nn(C2CCOC2)cc1I. The molecule has 25 heavy (non-hydrogen) atoms. The molecule has 2 aromatic rings. The van der Waals surface area contributed by atoms with Gasteiger partial charge in [-0.3, -0.25) is 9.78 Å². The van der Waals surface area contributed by atoms with Crippen molar-refractivity contribution in [2.75, 3.05) is 13.2 Å². The Hall–Kier alpha value is -0.580. The zero-order valence-electron chi connectivity index (χ0n) is 12.1. The number of nitrogens with zero attached hydrogens (tertiary/aromatic N) is 3. The fourth-order valence-electron chi connectivity index (χ4n) is 1.95. The van der Waals surface area contributed by atoms with Crippen molar-refractivity contribution < 1.29 is 31.1 Å². The number of aromatic nitrogens is 4. The molecule has 1 fully saturated rings. The van der Waals surface area contributed by atoms with Gasteiger partial charge in [-0.1, -0.05) is 0 Å². The molecule has 2 aromatic heterocycles. The normalized spacial score (nSPS) is 18.2. The summed E-state index contributed by atoms with van der Waals surface area (Å²) < 4.78 is 79.4. The van der Waals surface area contributed by atoms with Gasteiger partial charge in [-0.2, -0.15) is 36.5 Å². The second-order valence-electron chi connectivity index (χ2n) is 4.91. The average molecular weight is 594 g/mol. The van der Waals surface area contributed by atoms with Crippen molar-refractivity contribution >= 4 is 45.2 Å². The van der Waals surface area contributed by atoms with Crippen LogP contribution in [0.4, 0.5) is 26.3 Å². The van der Waals surface area contributed by atoms with Crippen molar-refractivity contribution in [2.45, 2.75) is 24.8 Å². The quantitative estimate of drug-likeness (QED) is 0.391. The third kappa shape index (κ3) is 5.45. The molecule has 3 heterocycles. The molecule has 0 bridgehead atoms. The Morgan fingerprint density at radius 1 is 1.12 bits per heavy atom. The van der Waals surface area contributed by atoms with Crippen molar-refractivity contribution in [2.24, 2.45) is 0 Å². The maximum atomic E-state index is 12.4. The largest absolute Gasteiger partial charge is 0.436 e. The minimum absolute atomic E-state index is 0.0605. The summed E-state index contributed by atoms with van der Waals surface area (Å²) in [6.07, 6.45) is -5.42. The first kappa shape index (κ1) is 20.7. The molecule has 0 spiro atoms. The molecule has 13 heteroatoms. The average Bonchev–Trinajstić information content (AvgIpc) is 3.16. The van der Waals surface area contributed by atoms with Crippen molar-refractivity contribution in [3.63, 3.8) is 0 Å². The van der Waals surface area contributed by atoms with Gasteiger partial charge in [0.05, 0.1) is 26.0 Å². The summed E-state index contributed by atoms with van der Waals surface area (Å²) in [4.78, 5) is 0. The van der Waals surface area contributed by atoms with Crippen LogP contribution in [0.1, 0.15) is 23.9 Å². The highest BCUT2D eigenvalue weighted by Gasteiger charge is 2.37. The Kier molecular flexibility index (Phi) is 6.61. The first-order valence-electron chi connectivity index (χ1n) is 6.65. The molecular weight excluding hydrogens is 584 g/mol. The Bertz CT molecular complexity index is 705. The number of alkyl halides is 6. The molecule has 140 valence electrons. The van der Waals surface area contributed by atoms with Crippen LogP contribution in [0.15, 0.2) is 12.4 Å². The Morgan fingerprint density at radius 3 is 2.16 bits per heavy atom. The molecule has 1 aliphatic heterocycles. The predicted molar refractivity (Wildman–Crippen MR) is 90.7 cm³/mol. The molecule has 1 saturated heterocycles. The van der Waals surface area contributed by atoms with Crippen molar-refractivity contribution in [1.29, 1.82) is 0 Å². The fraction of sp³-hybridized carbons (Fsp3) is 0.500. The number of H-pyrrole nitrogens is 1. The lowest BCUT2D eigenvalue weighted by atomic mass is 10.3. The molecular formula is C12H10F6I2N4O. The van der Waals surface area contributed by atoms with E-state index in [-0.39, 0.29) is 13.2 Å². The number of rotatable bonds is 1. The van der Waals surface area contributed by atoms with Crippen LogP contribution >= 0.6 is 45.2 Å². The first-order chi connectivity index (χ1) is 11.5. The summed E-state index contributed by atoms with van der Waals surface area (Å²) in [5.41, 5.74) is -1.59. The van der Waals surface area contributed by atoms with E-state index in [1.165, 1.54) is 10.9 Å². The predicted octanol–water partition coefficient (Wildman–Crippen LogP) is 4.50. The number of hydrogen-bond acceptors (Lipinski definition) is 3. The van der Waals surface area contributed by atoms with Gasteiger partial charge in [0.15, 0.2) is 11.4 Å². The van der Waals surface area contributed by atoms with Gasteiger partial charge in [-0.25, -0.2) is 0 Å². The molecule has 5 nitrogen and oxygen atoms in total. The standard InChI is InChI=1S/C8H8F3IN2O.C4H2F3IN2/c9-8(10,11)7-6(12)3-14(13-7)5-1-2-15-4-5;5-4(6,7)3-2(8)1-9-10-3/h3,5H,1-2,4H2;1H,(H,9,10). The Balaban J connectivity index is 0.000000196. The van der Waals surface area contributed by atoms with E-state index >= 15 is 0 Å². The topological polar surface area (TPSA) is 55.7 Å². The fourth-order valence-corrected chi connectivity index (χ4v) is 3.21. The van der Waals surface area contributed by atoms with Gasteiger partial charge >= 0.3 is 12.4 Å². The van der Waals surface area contributed by atoms with E-state index in [4.69, 9.17) is 4.74 Å². The highest BCUT2D eigenvalue weighted by Crippen LogP contribution is 2.33. The van der Waals surface area contributed by atoms with Gasteiger partial charge < -0.3 is 4.74 Å². The van der Waals surface area contributed by atoms with Crippen LogP contribution in [0.25, 0.3) is 0 Å². The molecule has 1 atom stereocenters. The van der Waals surface area contributed by atoms with E-state index < -0.39 is 23.7 Å². The summed E-state index contributed by atoms with van der Waals surface area (Å²) in [5.74, 6) is 0. The lowest BCUT2D eigenvalue weighted by Gasteiger charge is -2.07. The monoisotopic (exact) mass is 594 g/mol. The van der Waals surface area contributed by atoms with Gasteiger partial charge in [0.25, 0.3) is 0 Å². The zero-order chi connectivity index (χ0) is 18.8. The van der Waals surface area contributed by atoms with E-state index in [1.807, 2.05) is 5.10 Å². The molecule has 1 N–H and O–H groups in total. The van der Waals surface area contributed by atoms with E-state index in [0.717, 1.165) is 12.6 Å². The number of aromatic amines is 1.